The first kappa shape index (κ1) is 45.3. The van der Waals surface area contributed by atoms with Crippen molar-refractivity contribution < 1.29 is 19.8 Å². The van der Waals surface area contributed by atoms with Crippen molar-refractivity contribution in [1.82, 2.24) is 0 Å². The molecule has 41 heavy (non-hydrogen) atoms. The number of unbranched alkanes of at least 4 members (excludes halogenated alkanes) is 28. The summed E-state index contributed by atoms with van der Waals surface area (Å²) in [5, 5.41) is 20.4. The molecule has 0 aromatic carbocycles. The summed E-state index contributed by atoms with van der Waals surface area (Å²) in [6.07, 6.45) is 39.7. The number of carboxylic acids is 2. The third-order valence-electron chi connectivity index (χ3n) is 7.97. The van der Waals surface area contributed by atoms with Crippen molar-refractivity contribution in [3.63, 3.8) is 0 Å². The van der Waals surface area contributed by atoms with Gasteiger partial charge in [0.25, 0.3) is 0 Å². The van der Waals surface area contributed by atoms with Gasteiger partial charge in [0, 0.05) is 11.9 Å². The van der Waals surface area contributed by atoms with Gasteiger partial charge in [0.05, 0.1) is 0 Å². The molecule has 0 fully saturated rings. The van der Waals surface area contributed by atoms with Crippen molar-refractivity contribution in [2.75, 3.05) is 0 Å². The van der Waals surface area contributed by atoms with Crippen molar-refractivity contribution in [1.29, 1.82) is 0 Å². The molecule has 4 nitrogen and oxygen atoms in total. The molecule has 0 unspecified atom stereocenters. The van der Waals surface area contributed by atoms with Gasteiger partial charge < -0.3 is 19.8 Å². The fourth-order valence-electron chi connectivity index (χ4n) is 5.28. The average molecular weight is 776 g/mol. The third kappa shape index (κ3) is 49.8. The predicted molar refractivity (Wildman–Crippen MR) is 178 cm³/mol. The quantitative estimate of drug-likeness (QED) is 0.0505. The summed E-state index contributed by atoms with van der Waals surface area (Å²) in [6, 6.07) is 0. The first-order chi connectivity index (χ1) is 19.5. The van der Waals surface area contributed by atoms with E-state index in [1.807, 2.05) is 0 Å². The third-order valence-corrected chi connectivity index (χ3v) is 7.97. The van der Waals surface area contributed by atoms with E-state index >= 15 is 0 Å². The number of hydrogen-bond donors (Lipinski definition) is 0. The molecular formula is C36H72O4Pb. The number of carbonyl (C=O) groups excluding carboxylic acids is 2. The normalized spacial score (nSPS) is 10.6. The molecule has 0 saturated heterocycles. The Bertz CT molecular complexity index is 454. The van der Waals surface area contributed by atoms with Gasteiger partial charge >= 0.3 is 27.3 Å². The molecule has 0 aliphatic heterocycles. The van der Waals surface area contributed by atoms with Crippen LogP contribution in [0.5, 0.6) is 0 Å². The van der Waals surface area contributed by atoms with Gasteiger partial charge in [0.15, 0.2) is 0 Å². The molecule has 0 N–H and O–H groups in total. The topological polar surface area (TPSA) is 80.3 Å². The van der Waals surface area contributed by atoms with E-state index in [1.54, 1.807) is 0 Å². The standard InChI is InChI=1S/2C18H36O2.Pb.2H/c2*1-2-3-4-5-6-7-8-9-10-11-12-13-14-15-16-17-18(19)20;;;/h2*2-17H2,1H3,(H,19,20);;;/q;;+2;;/p-2. The van der Waals surface area contributed by atoms with Gasteiger partial charge in [-0.05, 0) is 25.7 Å². The molecule has 0 aliphatic carbocycles. The molecular weight excluding hydrogens is 704 g/mol. The van der Waals surface area contributed by atoms with Crippen LogP contribution in [0.25, 0.3) is 0 Å². The van der Waals surface area contributed by atoms with Crippen molar-refractivity contribution in [3.8, 4) is 0 Å². The molecule has 0 spiro atoms. The van der Waals surface area contributed by atoms with Crippen molar-refractivity contribution in [2.24, 2.45) is 0 Å². The van der Waals surface area contributed by atoms with Crippen LogP contribution in [0.2, 0.25) is 0 Å². The van der Waals surface area contributed by atoms with Crippen molar-refractivity contribution in [2.45, 2.75) is 219 Å². The van der Waals surface area contributed by atoms with Gasteiger partial charge in [-0.15, -0.1) is 0 Å². The maximum absolute atomic E-state index is 10.2. The first-order valence-electron chi connectivity index (χ1n) is 17.9. The maximum atomic E-state index is 10.2. The minimum atomic E-state index is -0.903. The summed E-state index contributed by atoms with van der Waals surface area (Å²) in [5.41, 5.74) is 0. The summed E-state index contributed by atoms with van der Waals surface area (Å²) in [6.45, 7) is 4.53. The van der Waals surface area contributed by atoms with Gasteiger partial charge in [-0.3, -0.25) is 0 Å². The van der Waals surface area contributed by atoms with Crippen LogP contribution < -0.4 is 10.2 Å². The van der Waals surface area contributed by atoms with E-state index in [-0.39, 0.29) is 40.1 Å². The van der Waals surface area contributed by atoms with Crippen LogP contribution in [0.15, 0.2) is 0 Å². The van der Waals surface area contributed by atoms with Gasteiger partial charge in [0.2, 0.25) is 0 Å². The minimum absolute atomic E-state index is 0. The van der Waals surface area contributed by atoms with Gasteiger partial charge in [-0.2, -0.15) is 0 Å². The van der Waals surface area contributed by atoms with Gasteiger partial charge in [-0.1, -0.05) is 194 Å². The van der Waals surface area contributed by atoms with Crippen LogP contribution in [0, 0.1) is 0 Å². The van der Waals surface area contributed by atoms with E-state index in [0.717, 1.165) is 25.7 Å². The molecule has 0 rings (SSSR count). The first-order valence-corrected chi connectivity index (χ1v) is 17.9. The van der Waals surface area contributed by atoms with E-state index < -0.39 is 11.9 Å². The van der Waals surface area contributed by atoms with E-state index in [4.69, 9.17) is 0 Å². The zero-order valence-electron chi connectivity index (χ0n) is 28.0. The summed E-state index contributed by atoms with van der Waals surface area (Å²) in [4.78, 5) is 20.4. The second-order valence-electron chi connectivity index (χ2n) is 12.1. The molecule has 0 aromatic heterocycles. The molecule has 0 radical (unpaired) electrons. The Morgan fingerprint density at radius 2 is 0.463 bits per heavy atom. The van der Waals surface area contributed by atoms with Crippen LogP contribution in [-0.2, 0) is 9.59 Å². The van der Waals surface area contributed by atoms with Crippen LogP contribution >= 0.6 is 0 Å². The molecule has 0 heterocycles. The molecule has 5 heteroatoms. The molecule has 0 aliphatic rings. The van der Waals surface area contributed by atoms with E-state index in [2.05, 4.69) is 13.8 Å². The fraction of sp³-hybridized carbons (Fsp3) is 0.944. The number of hydrogen-bond acceptors (Lipinski definition) is 4. The summed E-state index contributed by atoms with van der Waals surface area (Å²) in [5.74, 6) is -1.81. The molecule has 0 saturated carbocycles. The summed E-state index contributed by atoms with van der Waals surface area (Å²) >= 11 is 0. The molecule has 244 valence electrons. The van der Waals surface area contributed by atoms with E-state index in [1.165, 1.54) is 167 Å². The van der Waals surface area contributed by atoms with E-state index in [9.17, 15) is 19.8 Å². The van der Waals surface area contributed by atoms with Crippen molar-refractivity contribution >= 4 is 39.2 Å². The monoisotopic (exact) mass is 777 g/mol. The second kappa shape index (κ2) is 42.0. The second-order valence-corrected chi connectivity index (χ2v) is 12.1. The number of rotatable bonds is 32. The summed E-state index contributed by atoms with van der Waals surface area (Å²) < 4.78 is 0. The Hall–Kier alpha value is -0.138. The Kier molecular flexibility index (Phi) is 46.4. The average Bonchev–Trinajstić information content (AvgIpc) is 2.93. The molecule has 0 amide bonds. The molecule has 0 aromatic rings. The Morgan fingerprint density at radius 1 is 0.317 bits per heavy atom. The van der Waals surface area contributed by atoms with Gasteiger partial charge in [-0.25, -0.2) is 0 Å². The van der Waals surface area contributed by atoms with E-state index in [0.29, 0.717) is 0 Å². The Labute approximate surface area is 277 Å². The zero-order valence-corrected chi connectivity index (χ0v) is 33.5. The number of aliphatic carboxylic acids is 2. The SMILES string of the molecule is CCCCCCCCCCCCCCCCCC(=O)[O-].CCCCCCCCCCCCCCCCCC(=O)[O-].[PbH2+2]. The van der Waals surface area contributed by atoms with Crippen LogP contribution in [0.4, 0.5) is 0 Å². The number of carboxylic acid groups (broad SMARTS) is 2. The fourth-order valence-corrected chi connectivity index (χ4v) is 5.28. The number of carbonyl (C=O) groups is 2. The molecule has 0 atom stereocenters. The van der Waals surface area contributed by atoms with Crippen LogP contribution in [-0.4, -0.2) is 39.2 Å². The zero-order chi connectivity index (χ0) is 29.8. The predicted octanol–water partition coefficient (Wildman–Crippen LogP) is 9.08. The van der Waals surface area contributed by atoms with Crippen LogP contribution in [0.3, 0.4) is 0 Å². The summed E-state index contributed by atoms with van der Waals surface area (Å²) in [7, 11) is 0. The van der Waals surface area contributed by atoms with Gasteiger partial charge in [0.1, 0.15) is 0 Å². The van der Waals surface area contributed by atoms with Crippen molar-refractivity contribution in [3.05, 3.63) is 0 Å². The Morgan fingerprint density at radius 3 is 0.610 bits per heavy atom. The Balaban J connectivity index is -0.000000688. The van der Waals surface area contributed by atoms with Crippen LogP contribution in [0.1, 0.15) is 219 Å². The molecule has 0 bridgehead atoms.